The van der Waals surface area contributed by atoms with Crippen molar-refractivity contribution in [3.05, 3.63) is 12.2 Å². The lowest BCUT2D eigenvalue weighted by atomic mass is 10.1. The normalized spacial score (nSPS) is 18.0. The van der Waals surface area contributed by atoms with E-state index in [1.165, 1.54) is 6.08 Å². The van der Waals surface area contributed by atoms with Crippen LogP contribution in [-0.4, -0.2) is 96.0 Å². The van der Waals surface area contributed by atoms with E-state index in [9.17, 15) is 29.3 Å². The van der Waals surface area contributed by atoms with Crippen LogP contribution >= 0.6 is 7.82 Å². The van der Waals surface area contributed by atoms with Gasteiger partial charge in [0.2, 0.25) is 0 Å². The number of quaternary nitrogens is 1. The van der Waals surface area contributed by atoms with Crippen LogP contribution in [0, 0.1) is 0 Å². The monoisotopic (exact) mass is 412 g/mol. The molecule has 0 rings (SSSR count). The van der Waals surface area contributed by atoms with Crippen LogP contribution in [0.25, 0.3) is 0 Å². The molecule has 0 aliphatic carbocycles. The Morgan fingerprint density at radius 2 is 1.85 bits per heavy atom. The number of ketones is 1. The van der Waals surface area contributed by atoms with Gasteiger partial charge in [-0.1, -0.05) is 6.08 Å². The van der Waals surface area contributed by atoms with Crippen molar-refractivity contribution in [1.82, 2.24) is 0 Å². The number of hydrogen-bond donors (Lipinski definition) is 4. The number of carbonyl (C=O) groups excluding carboxylic acids is 2. The Morgan fingerprint density at radius 1 is 1.22 bits per heavy atom. The van der Waals surface area contributed by atoms with E-state index in [-0.39, 0.29) is 30.3 Å². The molecule has 10 nitrogen and oxygen atoms in total. The topological polar surface area (TPSA) is 151 Å². The third-order valence-electron chi connectivity index (χ3n) is 3.24. The molecule has 4 atom stereocenters. The molecule has 4 N–H and O–H groups in total. The fraction of sp³-hybridized carbons (Fsp3) is 0.750. The zero-order valence-corrected chi connectivity index (χ0v) is 16.8. The average Bonchev–Trinajstić information content (AvgIpc) is 2.55. The standard InChI is InChI=1S/C16H30NO9P/c1-17(2,3)10-16(26-27(23,24)25-12-14(21)11-19)15(22)8-4-6-13(20)7-5-9-18/h4,8-9,13-14,16,19-21H,5-7,10-12H2,1-3H3/p+1/t13?,14-,16?/m1/s1. The Morgan fingerprint density at radius 3 is 2.37 bits per heavy atom. The fourth-order valence-electron chi connectivity index (χ4n) is 1.92. The summed E-state index contributed by atoms with van der Waals surface area (Å²) >= 11 is 0. The molecule has 3 unspecified atom stereocenters. The fourth-order valence-corrected chi connectivity index (χ4v) is 2.84. The maximum atomic E-state index is 12.4. The van der Waals surface area contributed by atoms with Crippen molar-refractivity contribution in [3.63, 3.8) is 0 Å². The second kappa shape index (κ2) is 12.5. The number of phosphoric acid groups is 1. The highest BCUT2D eigenvalue weighted by atomic mass is 31.2. The van der Waals surface area contributed by atoms with Crippen LogP contribution in [0.1, 0.15) is 19.3 Å². The SMILES string of the molecule is C[N+](C)(C)CC(OP(=O)(O)OC[C@H](O)CO)C(=O)C=CCC(O)CCC=O. The van der Waals surface area contributed by atoms with Gasteiger partial charge in [0, 0.05) is 6.42 Å². The van der Waals surface area contributed by atoms with E-state index < -0.39 is 45.1 Å². The van der Waals surface area contributed by atoms with Crippen molar-refractivity contribution in [2.75, 3.05) is 40.9 Å². The molecule has 0 aromatic heterocycles. The second-order valence-electron chi connectivity index (χ2n) is 7.11. The van der Waals surface area contributed by atoms with E-state index in [1.807, 2.05) is 0 Å². The molecule has 0 aromatic rings. The lowest BCUT2D eigenvalue weighted by molar-refractivity contribution is -0.872. The van der Waals surface area contributed by atoms with Crippen molar-refractivity contribution in [1.29, 1.82) is 0 Å². The summed E-state index contributed by atoms with van der Waals surface area (Å²) < 4.78 is 21.8. The predicted octanol–water partition coefficient (Wildman–Crippen LogP) is -0.597. The van der Waals surface area contributed by atoms with Crippen LogP contribution in [0.3, 0.4) is 0 Å². The number of rotatable bonds is 15. The number of aliphatic hydroxyl groups is 3. The van der Waals surface area contributed by atoms with Gasteiger partial charge < -0.3 is 29.5 Å². The Bertz CT molecular complexity index is 532. The van der Waals surface area contributed by atoms with Gasteiger partial charge in [-0.25, -0.2) is 4.57 Å². The second-order valence-corrected chi connectivity index (χ2v) is 8.51. The van der Waals surface area contributed by atoms with Gasteiger partial charge in [-0.3, -0.25) is 13.8 Å². The first-order valence-electron chi connectivity index (χ1n) is 8.47. The van der Waals surface area contributed by atoms with E-state index in [1.54, 1.807) is 21.1 Å². The van der Waals surface area contributed by atoms with Crippen molar-refractivity contribution in [2.45, 2.75) is 37.6 Å². The molecule has 0 bridgehead atoms. The maximum absolute atomic E-state index is 12.4. The van der Waals surface area contributed by atoms with Gasteiger partial charge >= 0.3 is 7.82 Å². The lowest BCUT2D eigenvalue weighted by Gasteiger charge is -2.28. The number of phosphoric ester groups is 1. The van der Waals surface area contributed by atoms with E-state index in [4.69, 9.17) is 9.63 Å². The van der Waals surface area contributed by atoms with E-state index in [0.717, 1.165) is 6.08 Å². The largest absolute Gasteiger partial charge is 0.473 e. The van der Waals surface area contributed by atoms with Crippen molar-refractivity contribution < 1.29 is 47.9 Å². The zero-order chi connectivity index (χ0) is 21.1. The molecule has 0 aliphatic rings. The summed E-state index contributed by atoms with van der Waals surface area (Å²) in [6.07, 6.45) is 0.445. The molecule has 0 fully saturated rings. The molecule has 0 heterocycles. The molecule has 11 heteroatoms. The lowest BCUT2D eigenvalue weighted by Crippen LogP contribution is -2.45. The number of aldehydes is 1. The Hall–Kier alpha value is -0.970. The minimum atomic E-state index is -4.65. The molecule has 0 saturated carbocycles. The van der Waals surface area contributed by atoms with Crippen LogP contribution in [0.4, 0.5) is 0 Å². The number of carbonyl (C=O) groups is 2. The van der Waals surface area contributed by atoms with Crippen molar-refractivity contribution in [2.24, 2.45) is 0 Å². The third-order valence-corrected chi connectivity index (χ3v) is 4.24. The predicted molar refractivity (Wildman–Crippen MR) is 96.7 cm³/mol. The summed E-state index contributed by atoms with van der Waals surface area (Å²) in [6, 6.07) is 0. The Balaban J connectivity index is 4.94. The van der Waals surface area contributed by atoms with E-state index >= 15 is 0 Å². The summed E-state index contributed by atoms with van der Waals surface area (Å²) in [4.78, 5) is 32.4. The molecule has 0 aliphatic heterocycles. The third kappa shape index (κ3) is 13.8. The highest BCUT2D eigenvalue weighted by Crippen LogP contribution is 2.45. The summed E-state index contributed by atoms with van der Waals surface area (Å²) in [5.74, 6) is -0.591. The summed E-state index contributed by atoms with van der Waals surface area (Å²) in [5.41, 5.74) is 0. The molecule has 0 saturated heterocycles. The summed E-state index contributed by atoms with van der Waals surface area (Å²) in [5, 5.41) is 27.5. The molecule has 0 amide bonds. The first-order valence-corrected chi connectivity index (χ1v) is 9.97. The van der Waals surface area contributed by atoms with Crippen molar-refractivity contribution in [3.8, 4) is 0 Å². The molecular formula is C16H31NO9P+. The highest BCUT2D eigenvalue weighted by molar-refractivity contribution is 7.47. The molecule has 0 aromatic carbocycles. The number of aliphatic hydroxyl groups excluding tert-OH is 3. The molecule has 27 heavy (non-hydrogen) atoms. The minimum absolute atomic E-state index is 0.0628. The first kappa shape index (κ1) is 26.0. The zero-order valence-electron chi connectivity index (χ0n) is 15.9. The summed E-state index contributed by atoms with van der Waals surface area (Å²) in [7, 11) is 0.632. The van der Waals surface area contributed by atoms with E-state index in [0.29, 0.717) is 6.29 Å². The molecule has 0 radical (unpaired) electrons. The van der Waals surface area contributed by atoms with Crippen LogP contribution < -0.4 is 0 Å². The van der Waals surface area contributed by atoms with Gasteiger partial charge in [0.15, 0.2) is 11.9 Å². The highest BCUT2D eigenvalue weighted by Gasteiger charge is 2.34. The molecule has 0 spiro atoms. The first-order chi connectivity index (χ1) is 12.4. The van der Waals surface area contributed by atoms with Crippen molar-refractivity contribution >= 4 is 19.9 Å². The summed E-state index contributed by atoms with van der Waals surface area (Å²) in [6.45, 7) is -1.22. The Kier molecular flexibility index (Phi) is 12.0. The van der Waals surface area contributed by atoms with Gasteiger partial charge in [0.1, 0.15) is 18.9 Å². The minimum Gasteiger partial charge on any atom is -0.394 e. The van der Waals surface area contributed by atoms with Gasteiger partial charge in [0.05, 0.1) is 40.5 Å². The van der Waals surface area contributed by atoms with Crippen LogP contribution in [-0.2, 0) is 23.2 Å². The smallest absolute Gasteiger partial charge is 0.394 e. The van der Waals surface area contributed by atoms with Gasteiger partial charge in [-0.05, 0) is 18.9 Å². The maximum Gasteiger partial charge on any atom is 0.473 e. The van der Waals surface area contributed by atoms with Gasteiger partial charge in [-0.2, -0.15) is 0 Å². The quantitative estimate of drug-likeness (QED) is 0.120. The average molecular weight is 412 g/mol. The Labute approximate surface area is 159 Å². The van der Waals surface area contributed by atoms with Crippen LogP contribution in [0.15, 0.2) is 12.2 Å². The van der Waals surface area contributed by atoms with Gasteiger partial charge in [-0.15, -0.1) is 0 Å². The number of nitrogens with zero attached hydrogens (tertiary/aromatic N) is 1. The number of likely N-dealkylation sites (N-methyl/N-ethyl adjacent to an activating group) is 1. The molecular weight excluding hydrogens is 381 g/mol. The molecule has 158 valence electrons. The van der Waals surface area contributed by atoms with Crippen LogP contribution in [0.2, 0.25) is 0 Å². The van der Waals surface area contributed by atoms with E-state index in [2.05, 4.69) is 4.52 Å². The van der Waals surface area contributed by atoms with Crippen LogP contribution in [0.5, 0.6) is 0 Å². The number of hydrogen-bond acceptors (Lipinski definition) is 8. The van der Waals surface area contributed by atoms with Gasteiger partial charge in [0.25, 0.3) is 0 Å².